The normalized spacial score (nSPS) is 26.5. The monoisotopic (exact) mass is 181 g/mol. The lowest BCUT2D eigenvalue weighted by molar-refractivity contribution is -0.0155. The summed E-state index contributed by atoms with van der Waals surface area (Å²) in [6, 6.07) is 3.87. The van der Waals surface area contributed by atoms with Crippen LogP contribution < -0.4 is 5.32 Å². The molecule has 1 N–H and O–H groups in total. The van der Waals surface area contributed by atoms with Crippen LogP contribution in [0, 0.1) is 0 Å². The summed E-state index contributed by atoms with van der Waals surface area (Å²) in [7, 11) is 0. The standard InChI is InChI=1S/C10H15NO2/c1-10(2)7-11-9(13-10)6-8-4-3-5-12-8/h3-5,9,11H,6-7H2,1-2H3. The summed E-state index contributed by atoms with van der Waals surface area (Å²) in [4.78, 5) is 0. The van der Waals surface area contributed by atoms with E-state index in [0.29, 0.717) is 0 Å². The van der Waals surface area contributed by atoms with E-state index in [-0.39, 0.29) is 11.8 Å². The van der Waals surface area contributed by atoms with Crippen LogP contribution in [0.2, 0.25) is 0 Å². The van der Waals surface area contributed by atoms with Gasteiger partial charge in [-0.2, -0.15) is 0 Å². The molecule has 1 atom stereocenters. The van der Waals surface area contributed by atoms with E-state index in [4.69, 9.17) is 9.15 Å². The first-order valence-corrected chi connectivity index (χ1v) is 4.59. The summed E-state index contributed by atoms with van der Waals surface area (Å²) in [6.07, 6.45) is 2.59. The molecular weight excluding hydrogens is 166 g/mol. The molecule has 0 radical (unpaired) electrons. The summed E-state index contributed by atoms with van der Waals surface area (Å²) in [5, 5.41) is 3.30. The van der Waals surface area contributed by atoms with Crippen LogP contribution in [0.3, 0.4) is 0 Å². The Kier molecular flexibility index (Phi) is 2.14. The van der Waals surface area contributed by atoms with Gasteiger partial charge in [-0.3, -0.25) is 5.32 Å². The minimum Gasteiger partial charge on any atom is -0.469 e. The number of hydrogen-bond acceptors (Lipinski definition) is 3. The second-order valence-corrected chi connectivity index (χ2v) is 4.03. The van der Waals surface area contributed by atoms with E-state index in [2.05, 4.69) is 19.2 Å². The summed E-state index contributed by atoms with van der Waals surface area (Å²) < 4.78 is 11.0. The number of rotatable bonds is 2. The fraction of sp³-hybridized carbons (Fsp3) is 0.600. The first-order chi connectivity index (χ1) is 6.16. The SMILES string of the molecule is CC1(C)CNC(Cc2ccco2)O1. The van der Waals surface area contributed by atoms with Crippen LogP contribution in [-0.4, -0.2) is 18.4 Å². The van der Waals surface area contributed by atoms with Crippen LogP contribution in [0.5, 0.6) is 0 Å². The predicted molar refractivity (Wildman–Crippen MR) is 49.4 cm³/mol. The molecule has 0 spiro atoms. The second kappa shape index (κ2) is 3.16. The fourth-order valence-electron chi connectivity index (χ4n) is 1.55. The third kappa shape index (κ3) is 2.11. The largest absolute Gasteiger partial charge is 0.469 e. The van der Waals surface area contributed by atoms with Gasteiger partial charge in [-0.25, -0.2) is 0 Å². The van der Waals surface area contributed by atoms with Crippen molar-refractivity contribution in [1.29, 1.82) is 0 Å². The lowest BCUT2D eigenvalue weighted by Gasteiger charge is -2.16. The van der Waals surface area contributed by atoms with E-state index >= 15 is 0 Å². The number of nitrogens with one attached hydrogen (secondary N) is 1. The van der Waals surface area contributed by atoms with Gasteiger partial charge >= 0.3 is 0 Å². The van der Waals surface area contributed by atoms with Crippen LogP contribution in [0.1, 0.15) is 19.6 Å². The van der Waals surface area contributed by atoms with Gasteiger partial charge in [-0.05, 0) is 26.0 Å². The minimum absolute atomic E-state index is 0.0444. The zero-order valence-corrected chi connectivity index (χ0v) is 8.04. The molecule has 0 amide bonds. The molecule has 1 aromatic heterocycles. The highest BCUT2D eigenvalue weighted by Gasteiger charge is 2.31. The molecule has 3 nitrogen and oxygen atoms in total. The summed E-state index contributed by atoms with van der Waals surface area (Å²) in [5.41, 5.74) is -0.0444. The molecule has 0 saturated carbocycles. The summed E-state index contributed by atoms with van der Waals surface area (Å²) in [5.74, 6) is 0.968. The number of hydrogen-bond donors (Lipinski definition) is 1. The summed E-state index contributed by atoms with van der Waals surface area (Å²) in [6.45, 7) is 5.07. The Labute approximate surface area is 78.1 Å². The molecule has 3 heteroatoms. The molecule has 0 aromatic carbocycles. The second-order valence-electron chi connectivity index (χ2n) is 4.03. The highest BCUT2D eigenvalue weighted by atomic mass is 16.5. The maximum Gasteiger partial charge on any atom is 0.116 e. The Bertz CT molecular complexity index is 266. The van der Waals surface area contributed by atoms with Crippen molar-refractivity contribution < 1.29 is 9.15 Å². The average Bonchev–Trinajstić information content (AvgIpc) is 2.61. The molecule has 1 aromatic rings. The van der Waals surface area contributed by atoms with Gasteiger partial charge in [0.05, 0.1) is 11.9 Å². The zero-order valence-electron chi connectivity index (χ0n) is 8.04. The molecule has 1 aliphatic rings. The van der Waals surface area contributed by atoms with Crippen molar-refractivity contribution in [3.05, 3.63) is 24.2 Å². The maximum absolute atomic E-state index is 5.75. The lowest BCUT2D eigenvalue weighted by atomic mass is 10.1. The third-order valence-electron chi connectivity index (χ3n) is 2.18. The Morgan fingerprint density at radius 2 is 2.46 bits per heavy atom. The van der Waals surface area contributed by atoms with Gasteiger partial charge < -0.3 is 9.15 Å². The molecule has 72 valence electrons. The molecular formula is C10H15NO2. The maximum atomic E-state index is 5.75. The van der Waals surface area contributed by atoms with Gasteiger partial charge in [0, 0.05) is 13.0 Å². The Balaban J connectivity index is 1.91. The van der Waals surface area contributed by atoms with Crippen molar-refractivity contribution in [2.45, 2.75) is 32.1 Å². The number of ether oxygens (including phenoxy) is 1. The highest BCUT2D eigenvalue weighted by Crippen LogP contribution is 2.19. The van der Waals surface area contributed by atoms with E-state index in [1.807, 2.05) is 12.1 Å². The third-order valence-corrected chi connectivity index (χ3v) is 2.18. The summed E-state index contributed by atoms with van der Waals surface area (Å²) >= 11 is 0. The molecule has 13 heavy (non-hydrogen) atoms. The number of furan rings is 1. The molecule has 2 rings (SSSR count). The lowest BCUT2D eigenvalue weighted by Crippen LogP contribution is -2.24. The van der Waals surface area contributed by atoms with Crippen molar-refractivity contribution in [2.24, 2.45) is 0 Å². The minimum atomic E-state index is -0.0444. The Hall–Kier alpha value is -0.800. The van der Waals surface area contributed by atoms with Crippen molar-refractivity contribution in [3.63, 3.8) is 0 Å². The van der Waals surface area contributed by atoms with Crippen molar-refractivity contribution >= 4 is 0 Å². The molecule has 1 fully saturated rings. The van der Waals surface area contributed by atoms with Crippen LogP contribution in [0.15, 0.2) is 22.8 Å². The highest BCUT2D eigenvalue weighted by molar-refractivity contribution is 5.00. The molecule has 0 aliphatic carbocycles. The molecule has 2 heterocycles. The van der Waals surface area contributed by atoms with Crippen molar-refractivity contribution in [3.8, 4) is 0 Å². The van der Waals surface area contributed by atoms with Gasteiger partial charge in [0.25, 0.3) is 0 Å². The van der Waals surface area contributed by atoms with E-state index < -0.39 is 0 Å². The van der Waals surface area contributed by atoms with Crippen molar-refractivity contribution in [2.75, 3.05) is 6.54 Å². The topological polar surface area (TPSA) is 34.4 Å². The fourth-order valence-corrected chi connectivity index (χ4v) is 1.55. The van der Waals surface area contributed by atoms with Gasteiger partial charge in [0.1, 0.15) is 12.0 Å². The van der Waals surface area contributed by atoms with Gasteiger partial charge in [0.2, 0.25) is 0 Å². The van der Waals surface area contributed by atoms with Crippen LogP contribution in [0.25, 0.3) is 0 Å². The average molecular weight is 181 g/mol. The Morgan fingerprint density at radius 3 is 3.00 bits per heavy atom. The van der Waals surface area contributed by atoms with Crippen LogP contribution in [-0.2, 0) is 11.2 Å². The molecule has 1 unspecified atom stereocenters. The van der Waals surface area contributed by atoms with E-state index in [0.717, 1.165) is 18.7 Å². The predicted octanol–water partition coefficient (Wildman–Crippen LogP) is 1.55. The quantitative estimate of drug-likeness (QED) is 0.751. The first kappa shape index (κ1) is 8.78. The van der Waals surface area contributed by atoms with Crippen molar-refractivity contribution in [1.82, 2.24) is 5.32 Å². The van der Waals surface area contributed by atoms with Crippen LogP contribution in [0.4, 0.5) is 0 Å². The van der Waals surface area contributed by atoms with E-state index in [1.165, 1.54) is 0 Å². The molecule has 1 aliphatic heterocycles. The first-order valence-electron chi connectivity index (χ1n) is 4.59. The van der Waals surface area contributed by atoms with Crippen LogP contribution >= 0.6 is 0 Å². The van der Waals surface area contributed by atoms with E-state index in [9.17, 15) is 0 Å². The molecule has 0 bridgehead atoms. The molecule has 1 saturated heterocycles. The zero-order chi connectivity index (χ0) is 9.31. The van der Waals surface area contributed by atoms with Gasteiger partial charge in [0.15, 0.2) is 0 Å². The van der Waals surface area contributed by atoms with Gasteiger partial charge in [-0.15, -0.1) is 0 Å². The smallest absolute Gasteiger partial charge is 0.116 e. The van der Waals surface area contributed by atoms with E-state index in [1.54, 1.807) is 6.26 Å². The van der Waals surface area contributed by atoms with Gasteiger partial charge in [-0.1, -0.05) is 0 Å². The Morgan fingerprint density at radius 1 is 1.62 bits per heavy atom.